The van der Waals surface area contributed by atoms with E-state index in [2.05, 4.69) is 46.4 Å². The summed E-state index contributed by atoms with van der Waals surface area (Å²) in [4.78, 5) is 0. The highest BCUT2D eigenvalue weighted by molar-refractivity contribution is 7.08. The van der Waals surface area contributed by atoms with E-state index in [0.29, 0.717) is 6.10 Å². The highest BCUT2D eigenvalue weighted by Gasteiger charge is 2.14. The zero-order valence-electron chi connectivity index (χ0n) is 10.3. The number of hydrogen-bond acceptors (Lipinski definition) is 3. The minimum absolute atomic E-state index is 0.373. The molecular weight excluding hydrogens is 242 g/mol. The maximum atomic E-state index is 5.99. The molecule has 1 aromatic heterocycles. The fourth-order valence-corrected chi connectivity index (χ4v) is 2.93. The number of rotatable bonds is 3. The quantitative estimate of drug-likeness (QED) is 0.910. The van der Waals surface area contributed by atoms with Gasteiger partial charge in [0.25, 0.3) is 0 Å². The Bertz CT molecular complexity index is 472. The lowest BCUT2D eigenvalue weighted by Crippen LogP contribution is -2.34. The van der Waals surface area contributed by atoms with Gasteiger partial charge in [0.05, 0.1) is 0 Å². The topological polar surface area (TPSA) is 21.3 Å². The smallest absolute Gasteiger partial charge is 0.119 e. The van der Waals surface area contributed by atoms with E-state index in [1.54, 1.807) is 11.3 Å². The third kappa shape index (κ3) is 2.74. The maximum absolute atomic E-state index is 5.99. The number of benzene rings is 1. The van der Waals surface area contributed by atoms with Gasteiger partial charge in [0.1, 0.15) is 11.9 Å². The van der Waals surface area contributed by atoms with Crippen LogP contribution in [0.2, 0.25) is 0 Å². The molecule has 18 heavy (non-hydrogen) atoms. The van der Waals surface area contributed by atoms with Gasteiger partial charge in [-0.1, -0.05) is 12.1 Å². The van der Waals surface area contributed by atoms with Crippen molar-refractivity contribution in [1.82, 2.24) is 5.32 Å². The maximum Gasteiger partial charge on any atom is 0.119 e. The number of hydrogen-bond donors (Lipinski definition) is 1. The van der Waals surface area contributed by atoms with Gasteiger partial charge in [0.15, 0.2) is 0 Å². The predicted molar refractivity (Wildman–Crippen MR) is 76.3 cm³/mol. The minimum atomic E-state index is 0.373. The normalized spacial score (nSPS) is 16.7. The zero-order valence-corrected chi connectivity index (χ0v) is 11.1. The van der Waals surface area contributed by atoms with E-state index in [1.807, 2.05) is 0 Å². The summed E-state index contributed by atoms with van der Waals surface area (Å²) < 4.78 is 5.99. The van der Waals surface area contributed by atoms with Gasteiger partial charge < -0.3 is 10.1 Å². The molecule has 2 nitrogen and oxygen atoms in total. The molecule has 1 aliphatic heterocycles. The summed E-state index contributed by atoms with van der Waals surface area (Å²) in [5.41, 5.74) is 2.54. The molecule has 0 unspecified atom stereocenters. The molecule has 1 aromatic carbocycles. The second-order valence-electron chi connectivity index (χ2n) is 4.60. The van der Waals surface area contributed by atoms with E-state index in [4.69, 9.17) is 4.74 Å². The van der Waals surface area contributed by atoms with Crippen LogP contribution in [0.5, 0.6) is 5.75 Å². The van der Waals surface area contributed by atoms with Crippen molar-refractivity contribution in [3.8, 4) is 16.9 Å². The van der Waals surface area contributed by atoms with Crippen LogP contribution in [0, 0.1) is 0 Å². The second-order valence-corrected chi connectivity index (χ2v) is 5.38. The molecule has 1 fully saturated rings. The summed E-state index contributed by atoms with van der Waals surface area (Å²) in [7, 11) is 0. The van der Waals surface area contributed by atoms with E-state index >= 15 is 0 Å². The summed E-state index contributed by atoms with van der Waals surface area (Å²) in [5, 5.41) is 7.62. The molecule has 0 amide bonds. The number of piperidine rings is 1. The van der Waals surface area contributed by atoms with Crippen molar-refractivity contribution in [3.63, 3.8) is 0 Å². The Kier molecular flexibility index (Phi) is 3.62. The van der Waals surface area contributed by atoms with Crippen molar-refractivity contribution in [2.24, 2.45) is 0 Å². The minimum Gasteiger partial charge on any atom is -0.490 e. The molecule has 0 atom stereocenters. The van der Waals surface area contributed by atoms with Crippen LogP contribution < -0.4 is 10.1 Å². The predicted octanol–water partition coefficient (Wildman–Crippen LogP) is 3.55. The first-order chi connectivity index (χ1) is 8.92. The molecule has 3 heteroatoms. The van der Waals surface area contributed by atoms with Crippen molar-refractivity contribution in [2.45, 2.75) is 18.9 Å². The van der Waals surface area contributed by atoms with Gasteiger partial charge in [0, 0.05) is 0 Å². The van der Waals surface area contributed by atoms with Gasteiger partial charge in [-0.25, -0.2) is 0 Å². The first kappa shape index (κ1) is 11.8. The molecule has 94 valence electrons. The number of thiophene rings is 1. The van der Waals surface area contributed by atoms with E-state index in [9.17, 15) is 0 Å². The molecule has 0 saturated carbocycles. The lowest BCUT2D eigenvalue weighted by atomic mass is 10.1. The molecule has 2 heterocycles. The van der Waals surface area contributed by atoms with Crippen molar-refractivity contribution in [1.29, 1.82) is 0 Å². The lowest BCUT2D eigenvalue weighted by molar-refractivity contribution is 0.162. The van der Waals surface area contributed by atoms with Gasteiger partial charge in [-0.15, -0.1) is 0 Å². The third-order valence-corrected chi connectivity index (χ3v) is 3.98. The van der Waals surface area contributed by atoms with Crippen LogP contribution in [0.25, 0.3) is 11.1 Å². The summed E-state index contributed by atoms with van der Waals surface area (Å²) in [6.07, 6.45) is 2.58. The fraction of sp³-hybridized carbons (Fsp3) is 0.333. The third-order valence-electron chi connectivity index (χ3n) is 3.30. The molecule has 1 aliphatic rings. The van der Waals surface area contributed by atoms with Gasteiger partial charge >= 0.3 is 0 Å². The number of ether oxygens (including phenoxy) is 1. The monoisotopic (exact) mass is 259 g/mol. The van der Waals surface area contributed by atoms with Crippen LogP contribution in [-0.4, -0.2) is 19.2 Å². The van der Waals surface area contributed by atoms with E-state index in [1.165, 1.54) is 11.1 Å². The zero-order chi connectivity index (χ0) is 12.2. The van der Waals surface area contributed by atoms with Crippen molar-refractivity contribution >= 4 is 11.3 Å². The van der Waals surface area contributed by atoms with E-state index < -0.39 is 0 Å². The lowest BCUT2D eigenvalue weighted by Gasteiger charge is -2.23. The second kappa shape index (κ2) is 5.55. The number of nitrogens with one attached hydrogen (secondary N) is 1. The van der Waals surface area contributed by atoms with Crippen molar-refractivity contribution in [2.75, 3.05) is 13.1 Å². The van der Waals surface area contributed by atoms with Crippen LogP contribution in [0.3, 0.4) is 0 Å². The molecule has 1 saturated heterocycles. The van der Waals surface area contributed by atoms with Crippen LogP contribution in [0.15, 0.2) is 41.1 Å². The Morgan fingerprint density at radius 2 is 1.78 bits per heavy atom. The van der Waals surface area contributed by atoms with E-state index in [-0.39, 0.29) is 0 Å². The Hall–Kier alpha value is -1.32. The van der Waals surface area contributed by atoms with Crippen LogP contribution in [0.4, 0.5) is 0 Å². The highest BCUT2D eigenvalue weighted by Crippen LogP contribution is 2.25. The molecule has 0 radical (unpaired) electrons. The highest BCUT2D eigenvalue weighted by atomic mass is 32.1. The largest absolute Gasteiger partial charge is 0.490 e. The molecule has 0 aliphatic carbocycles. The first-order valence-electron chi connectivity index (χ1n) is 6.42. The SMILES string of the molecule is c1cc(-c2ccc(OC3CCNCC3)cc2)cs1. The van der Waals surface area contributed by atoms with Crippen LogP contribution in [-0.2, 0) is 0 Å². The van der Waals surface area contributed by atoms with Gasteiger partial charge in [-0.3, -0.25) is 0 Å². The average Bonchev–Trinajstić information content (AvgIpc) is 2.95. The van der Waals surface area contributed by atoms with Crippen LogP contribution >= 0.6 is 11.3 Å². The molecule has 3 rings (SSSR count). The van der Waals surface area contributed by atoms with Crippen LogP contribution in [0.1, 0.15) is 12.8 Å². The molecule has 1 N–H and O–H groups in total. The Morgan fingerprint density at radius 1 is 1.00 bits per heavy atom. The van der Waals surface area contributed by atoms with E-state index in [0.717, 1.165) is 31.7 Å². The van der Waals surface area contributed by atoms with Gasteiger partial charge in [-0.2, -0.15) is 11.3 Å². The first-order valence-corrected chi connectivity index (χ1v) is 7.36. The Balaban J connectivity index is 1.67. The average molecular weight is 259 g/mol. The summed E-state index contributed by atoms with van der Waals surface area (Å²) in [5.74, 6) is 0.987. The molecular formula is C15H17NOS. The summed E-state index contributed by atoms with van der Waals surface area (Å²) in [6, 6.07) is 10.6. The van der Waals surface area contributed by atoms with Crippen molar-refractivity contribution < 1.29 is 4.74 Å². The Labute approximate surface area is 112 Å². The molecule has 2 aromatic rings. The molecule has 0 bridgehead atoms. The fourth-order valence-electron chi connectivity index (χ4n) is 2.26. The molecule has 0 spiro atoms. The van der Waals surface area contributed by atoms with Gasteiger partial charge in [0.2, 0.25) is 0 Å². The summed E-state index contributed by atoms with van der Waals surface area (Å²) >= 11 is 1.73. The Morgan fingerprint density at radius 3 is 2.44 bits per heavy atom. The summed E-state index contributed by atoms with van der Waals surface area (Å²) in [6.45, 7) is 2.13. The standard InChI is InChI=1S/C15H17NOS/c1-3-14(17-15-5-8-16-9-6-15)4-2-12(1)13-7-10-18-11-13/h1-4,7,10-11,15-16H,5-6,8-9H2. The van der Waals surface area contributed by atoms with Gasteiger partial charge in [-0.05, 0) is 66.0 Å². The van der Waals surface area contributed by atoms with Crippen molar-refractivity contribution in [3.05, 3.63) is 41.1 Å².